The Morgan fingerprint density at radius 1 is 0.809 bits per heavy atom. The molecule has 0 saturated heterocycles. The molecule has 0 saturated carbocycles. The molecule has 10 nitrogen and oxygen atoms in total. The Morgan fingerprint density at radius 2 is 1.38 bits per heavy atom. The summed E-state index contributed by atoms with van der Waals surface area (Å²) < 4.78 is 11.6. The summed E-state index contributed by atoms with van der Waals surface area (Å²) >= 11 is 0. The lowest BCUT2D eigenvalue weighted by atomic mass is 9.97. The molecule has 0 heterocycles. The summed E-state index contributed by atoms with van der Waals surface area (Å²) in [7, 11) is 0. The first-order valence-corrected chi connectivity index (χ1v) is 16.0. The van der Waals surface area contributed by atoms with Crippen molar-refractivity contribution in [2.75, 3.05) is 6.61 Å². The van der Waals surface area contributed by atoms with E-state index in [0.29, 0.717) is 12.2 Å². The number of nitrogens with one attached hydrogen (secondary N) is 3. The van der Waals surface area contributed by atoms with E-state index in [1.165, 1.54) is 6.92 Å². The Hall–Kier alpha value is -4.86. The molecule has 0 fully saturated rings. The Bertz CT molecular complexity index is 1540. The molecular weight excluding hydrogens is 598 g/mol. The van der Waals surface area contributed by atoms with Gasteiger partial charge < -0.3 is 30.5 Å². The van der Waals surface area contributed by atoms with Crippen LogP contribution in [0.2, 0.25) is 0 Å². The number of fused-ring (bicyclic) bond motifs is 3. The summed E-state index contributed by atoms with van der Waals surface area (Å²) in [6.07, 6.45) is -0.107. The second kappa shape index (κ2) is 15.2. The van der Waals surface area contributed by atoms with Gasteiger partial charge in [-0.1, -0.05) is 80.9 Å². The van der Waals surface area contributed by atoms with Crippen LogP contribution in [0, 0.1) is 5.92 Å². The zero-order valence-electron chi connectivity index (χ0n) is 27.8. The lowest BCUT2D eigenvalue weighted by Crippen LogP contribution is -2.57. The lowest BCUT2D eigenvalue weighted by Gasteiger charge is -2.27. The number of hydrogen-bond donors (Lipinski definition) is 4. The van der Waals surface area contributed by atoms with Gasteiger partial charge in [0.1, 0.15) is 36.1 Å². The quantitative estimate of drug-likeness (QED) is 0.194. The van der Waals surface area contributed by atoms with E-state index in [1.54, 1.807) is 24.3 Å². The van der Waals surface area contributed by atoms with Crippen molar-refractivity contribution in [2.24, 2.45) is 5.92 Å². The van der Waals surface area contributed by atoms with Crippen molar-refractivity contribution in [1.82, 2.24) is 16.0 Å². The van der Waals surface area contributed by atoms with E-state index in [9.17, 15) is 24.3 Å². The molecule has 0 unspecified atom stereocenters. The minimum Gasteiger partial charge on any atom is -0.488 e. The molecule has 10 heteroatoms. The molecule has 0 bridgehead atoms. The van der Waals surface area contributed by atoms with Crippen LogP contribution in [-0.4, -0.2) is 59.3 Å². The molecule has 47 heavy (non-hydrogen) atoms. The maximum atomic E-state index is 13.7. The van der Waals surface area contributed by atoms with Crippen molar-refractivity contribution < 1.29 is 33.8 Å². The van der Waals surface area contributed by atoms with Gasteiger partial charge in [0.2, 0.25) is 11.8 Å². The Kier molecular flexibility index (Phi) is 11.3. The van der Waals surface area contributed by atoms with E-state index in [-0.39, 0.29) is 24.9 Å². The lowest BCUT2D eigenvalue weighted by molar-refractivity contribution is -0.141. The number of alkyl carbamates (subject to hydrolysis) is 1. The first kappa shape index (κ1) is 35.0. The van der Waals surface area contributed by atoms with Gasteiger partial charge >= 0.3 is 12.1 Å². The van der Waals surface area contributed by atoms with Crippen LogP contribution in [0.15, 0.2) is 72.8 Å². The fourth-order valence-electron chi connectivity index (χ4n) is 5.60. The van der Waals surface area contributed by atoms with Gasteiger partial charge in [-0.15, -0.1) is 0 Å². The van der Waals surface area contributed by atoms with Gasteiger partial charge in [-0.05, 0) is 73.6 Å². The summed E-state index contributed by atoms with van der Waals surface area (Å²) in [5, 5.41) is 17.3. The minimum absolute atomic E-state index is 0.0812. The van der Waals surface area contributed by atoms with Crippen molar-refractivity contribution in [3.63, 3.8) is 0 Å². The van der Waals surface area contributed by atoms with Crippen molar-refractivity contribution in [3.8, 4) is 16.9 Å². The van der Waals surface area contributed by atoms with Crippen molar-refractivity contribution in [1.29, 1.82) is 0 Å². The maximum Gasteiger partial charge on any atom is 0.407 e. The molecule has 0 radical (unpaired) electrons. The normalized spacial score (nSPS) is 14.9. The zero-order valence-corrected chi connectivity index (χ0v) is 27.8. The smallest absolute Gasteiger partial charge is 0.407 e. The average molecular weight is 644 g/mol. The van der Waals surface area contributed by atoms with Crippen molar-refractivity contribution in [2.45, 2.75) is 84.0 Å². The topological polar surface area (TPSA) is 143 Å². The Labute approximate surface area is 276 Å². The first-order chi connectivity index (χ1) is 22.3. The fraction of sp³-hybridized carbons (Fsp3) is 0.405. The second-order valence-corrected chi connectivity index (χ2v) is 13.0. The highest BCUT2D eigenvalue weighted by molar-refractivity contribution is 5.93. The number of carbonyl (C=O) groups excluding carboxylic acids is 3. The van der Waals surface area contributed by atoms with Crippen molar-refractivity contribution in [3.05, 3.63) is 89.5 Å². The number of hydrogen-bond acceptors (Lipinski definition) is 6. The third-order valence-electron chi connectivity index (χ3n) is 8.26. The highest BCUT2D eigenvalue weighted by atomic mass is 16.5. The number of amides is 3. The third kappa shape index (κ3) is 9.12. The van der Waals surface area contributed by atoms with Crippen LogP contribution >= 0.6 is 0 Å². The van der Waals surface area contributed by atoms with Gasteiger partial charge in [0.25, 0.3) is 0 Å². The van der Waals surface area contributed by atoms with E-state index < -0.39 is 47.6 Å². The first-order valence-electron chi connectivity index (χ1n) is 16.0. The number of benzene rings is 3. The number of ether oxygens (including phenoxy) is 2. The standard InChI is InChI=1S/C37H45N3O7/c1-7-22(2)32(40-36(45)46-21-30-28-14-10-8-12-26(28)27-13-9-11-15-29(27)30)34(42)39-31(33(41)38-23(3)35(43)44)20-24-16-18-25(19-17-24)47-37(4,5)6/h8-19,22-23,30-32H,7,20-21H2,1-6H3,(H,38,41)(H,39,42)(H,40,45)(H,43,44)/t22-,23-,31-,32-/m0/s1. The maximum absolute atomic E-state index is 13.7. The Morgan fingerprint density at radius 3 is 1.91 bits per heavy atom. The number of carbonyl (C=O) groups is 4. The fourth-order valence-corrected chi connectivity index (χ4v) is 5.60. The van der Waals surface area contributed by atoms with Crippen LogP contribution in [0.25, 0.3) is 11.1 Å². The van der Waals surface area contributed by atoms with Crippen LogP contribution in [0.3, 0.4) is 0 Å². The summed E-state index contributed by atoms with van der Waals surface area (Å²) in [5.41, 5.74) is 4.68. The molecule has 0 aliphatic heterocycles. The third-order valence-corrected chi connectivity index (χ3v) is 8.26. The monoisotopic (exact) mass is 643 g/mol. The molecule has 4 atom stereocenters. The summed E-state index contributed by atoms with van der Waals surface area (Å²) in [5.74, 6) is -2.24. The SMILES string of the molecule is CC[C@H](C)[C@H](NC(=O)OCC1c2ccccc2-c2ccccc21)C(=O)N[C@@H](Cc1ccc(OC(C)(C)C)cc1)C(=O)N[C@@H](C)C(=O)O. The number of carboxylic acid groups (broad SMARTS) is 1. The van der Waals surface area contributed by atoms with E-state index in [2.05, 4.69) is 28.1 Å². The van der Waals surface area contributed by atoms with Gasteiger partial charge in [-0.3, -0.25) is 14.4 Å². The number of rotatable bonds is 13. The van der Waals surface area contributed by atoms with Gasteiger partial charge in [-0.2, -0.15) is 0 Å². The molecule has 0 aromatic heterocycles. The zero-order chi connectivity index (χ0) is 34.3. The highest BCUT2D eigenvalue weighted by Crippen LogP contribution is 2.44. The van der Waals surface area contributed by atoms with E-state index in [1.807, 2.05) is 71.0 Å². The summed E-state index contributed by atoms with van der Waals surface area (Å²) in [6, 6.07) is 19.9. The molecule has 4 rings (SSSR count). The average Bonchev–Trinajstić information content (AvgIpc) is 3.35. The molecule has 3 aromatic rings. The van der Waals surface area contributed by atoms with Crippen LogP contribution in [0.4, 0.5) is 4.79 Å². The van der Waals surface area contributed by atoms with Gasteiger partial charge in [0, 0.05) is 12.3 Å². The molecule has 1 aliphatic carbocycles. The van der Waals surface area contributed by atoms with E-state index in [4.69, 9.17) is 9.47 Å². The second-order valence-electron chi connectivity index (χ2n) is 13.0. The van der Waals surface area contributed by atoms with Crippen molar-refractivity contribution >= 4 is 23.9 Å². The number of carboxylic acids is 1. The van der Waals surface area contributed by atoms with Crippen LogP contribution in [0.5, 0.6) is 5.75 Å². The Balaban J connectivity index is 1.47. The predicted molar refractivity (Wildman–Crippen MR) is 179 cm³/mol. The molecule has 1 aliphatic rings. The predicted octanol–water partition coefficient (Wildman–Crippen LogP) is 5.43. The number of aliphatic carboxylic acids is 1. The van der Waals surface area contributed by atoms with Crippen LogP contribution < -0.4 is 20.7 Å². The van der Waals surface area contributed by atoms with Gasteiger partial charge in [-0.25, -0.2) is 4.79 Å². The molecule has 0 spiro atoms. The molecule has 4 N–H and O–H groups in total. The van der Waals surface area contributed by atoms with Gasteiger partial charge in [0.05, 0.1) is 0 Å². The molecule has 250 valence electrons. The highest BCUT2D eigenvalue weighted by Gasteiger charge is 2.33. The largest absolute Gasteiger partial charge is 0.488 e. The van der Waals surface area contributed by atoms with Crippen LogP contribution in [0.1, 0.15) is 70.6 Å². The van der Waals surface area contributed by atoms with E-state index in [0.717, 1.165) is 27.8 Å². The molecular formula is C37H45N3O7. The summed E-state index contributed by atoms with van der Waals surface area (Å²) in [4.78, 5) is 51.6. The minimum atomic E-state index is -1.21. The van der Waals surface area contributed by atoms with Crippen LogP contribution in [-0.2, 0) is 25.5 Å². The molecule has 3 aromatic carbocycles. The molecule has 3 amide bonds. The van der Waals surface area contributed by atoms with Gasteiger partial charge in [0.15, 0.2) is 0 Å². The summed E-state index contributed by atoms with van der Waals surface area (Å²) in [6.45, 7) is 11.0. The van der Waals surface area contributed by atoms with E-state index >= 15 is 0 Å².